The number of hydrogen-bond donors (Lipinski definition) is 1. The Balaban J connectivity index is 1.36. The van der Waals surface area contributed by atoms with Crippen LogP contribution in [0.3, 0.4) is 0 Å². The van der Waals surface area contributed by atoms with E-state index < -0.39 is 0 Å². The number of benzene rings is 1. The molecule has 2 aromatic heterocycles. The predicted octanol–water partition coefficient (Wildman–Crippen LogP) is 3.48. The van der Waals surface area contributed by atoms with E-state index in [2.05, 4.69) is 85.6 Å². The van der Waals surface area contributed by atoms with Crippen LogP contribution in [0.4, 0.5) is 5.00 Å². The van der Waals surface area contributed by atoms with E-state index >= 15 is 0 Å². The molecule has 0 bridgehead atoms. The van der Waals surface area contributed by atoms with Gasteiger partial charge in [-0.15, -0.1) is 11.3 Å². The Labute approximate surface area is 182 Å². The highest BCUT2D eigenvalue weighted by molar-refractivity contribution is 7.14. The summed E-state index contributed by atoms with van der Waals surface area (Å²) in [6.45, 7) is 8.51. The second kappa shape index (κ2) is 10.3. The predicted molar refractivity (Wildman–Crippen MR) is 125 cm³/mol. The Morgan fingerprint density at radius 1 is 1.10 bits per heavy atom. The second-order valence-corrected chi connectivity index (χ2v) is 8.29. The van der Waals surface area contributed by atoms with Crippen molar-refractivity contribution >= 4 is 22.3 Å². The first kappa shape index (κ1) is 20.5. The number of hydrogen-bond acceptors (Lipinski definition) is 4. The first-order valence-corrected chi connectivity index (χ1v) is 11.6. The summed E-state index contributed by atoms with van der Waals surface area (Å²) in [5.74, 6) is 2.00. The van der Waals surface area contributed by atoms with E-state index in [0.717, 1.165) is 57.5 Å². The molecule has 1 aliphatic heterocycles. The number of rotatable bonds is 7. The number of guanidine groups is 1. The maximum Gasteiger partial charge on any atom is 0.194 e. The number of aryl methyl sites for hydroxylation is 2. The Bertz CT molecular complexity index is 910. The van der Waals surface area contributed by atoms with Crippen molar-refractivity contribution in [1.82, 2.24) is 19.8 Å². The molecule has 3 aromatic rings. The summed E-state index contributed by atoms with van der Waals surface area (Å²) < 4.78 is 2.22. The quantitative estimate of drug-likeness (QED) is 0.468. The van der Waals surface area contributed by atoms with Gasteiger partial charge in [-0.05, 0) is 36.4 Å². The number of nitrogens with zero attached hydrogens (tertiary/aromatic N) is 5. The number of aliphatic imine (C=N–C) groups is 1. The maximum absolute atomic E-state index is 4.92. The monoisotopic (exact) mass is 422 g/mol. The molecule has 1 N–H and O–H groups in total. The molecule has 158 valence electrons. The van der Waals surface area contributed by atoms with Crippen molar-refractivity contribution < 1.29 is 0 Å². The molecular formula is C23H30N6S. The normalized spacial score (nSPS) is 14.9. The summed E-state index contributed by atoms with van der Waals surface area (Å²) in [6, 6.07) is 14.9. The van der Waals surface area contributed by atoms with Crippen LogP contribution in [0.5, 0.6) is 0 Å². The molecule has 0 aliphatic carbocycles. The van der Waals surface area contributed by atoms with Crippen LogP contribution in [0.15, 0.2) is 65.2 Å². The van der Waals surface area contributed by atoms with Crippen LogP contribution in [0.2, 0.25) is 0 Å². The Morgan fingerprint density at radius 2 is 1.93 bits per heavy atom. The highest BCUT2D eigenvalue weighted by atomic mass is 32.1. The topological polar surface area (TPSA) is 48.7 Å². The third-order valence-electron chi connectivity index (χ3n) is 5.39. The van der Waals surface area contributed by atoms with Gasteiger partial charge in [-0.1, -0.05) is 30.3 Å². The molecule has 0 saturated carbocycles. The molecule has 1 saturated heterocycles. The number of anilines is 1. The number of aromatic nitrogens is 2. The molecule has 0 atom stereocenters. The van der Waals surface area contributed by atoms with Gasteiger partial charge in [0.05, 0.1) is 5.00 Å². The fourth-order valence-corrected chi connectivity index (χ4v) is 4.53. The summed E-state index contributed by atoms with van der Waals surface area (Å²) in [4.78, 5) is 14.3. The maximum atomic E-state index is 4.92. The third-order valence-corrected chi connectivity index (χ3v) is 6.32. The number of piperazine rings is 1. The van der Waals surface area contributed by atoms with Crippen LogP contribution < -0.4 is 10.2 Å². The van der Waals surface area contributed by atoms with E-state index in [1.165, 1.54) is 10.6 Å². The largest absolute Gasteiger partial charge is 0.360 e. The van der Waals surface area contributed by atoms with Gasteiger partial charge in [-0.2, -0.15) is 0 Å². The van der Waals surface area contributed by atoms with Gasteiger partial charge in [0.25, 0.3) is 0 Å². The van der Waals surface area contributed by atoms with Crippen molar-refractivity contribution in [2.75, 3.05) is 37.6 Å². The zero-order chi connectivity index (χ0) is 20.6. The Kier molecular flexibility index (Phi) is 7.03. The summed E-state index contributed by atoms with van der Waals surface area (Å²) >= 11 is 1.81. The highest BCUT2D eigenvalue weighted by Crippen LogP contribution is 2.22. The molecule has 6 nitrogen and oxygen atoms in total. The number of imidazole rings is 1. The summed E-state index contributed by atoms with van der Waals surface area (Å²) in [5.41, 5.74) is 1.35. The van der Waals surface area contributed by atoms with Gasteiger partial charge in [0.1, 0.15) is 12.4 Å². The van der Waals surface area contributed by atoms with Crippen molar-refractivity contribution in [2.24, 2.45) is 4.99 Å². The van der Waals surface area contributed by atoms with Crippen LogP contribution in [0.25, 0.3) is 0 Å². The van der Waals surface area contributed by atoms with Crippen molar-refractivity contribution in [1.29, 1.82) is 0 Å². The van der Waals surface area contributed by atoms with Gasteiger partial charge in [0.2, 0.25) is 0 Å². The van der Waals surface area contributed by atoms with E-state index in [9.17, 15) is 0 Å². The van der Waals surface area contributed by atoms with Gasteiger partial charge in [-0.3, -0.25) is 0 Å². The van der Waals surface area contributed by atoms with Gasteiger partial charge in [0.15, 0.2) is 5.96 Å². The molecule has 1 aromatic carbocycles. The van der Waals surface area contributed by atoms with Crippen molar-refractivity contribution in [2.45, 2.75) is 26.4 Å². The molecule has 3 heterocycles. The smallest absolute Gasteiger partial charge is 0.194 e. The van der Waals surface area contributed by atoms with E-state index in [0.29, 0.717) is 6.54 Å². The van der Waals surface area contributed by atoms with Crippen LogP contribution in [-0.4, -0.2) is 53.1 Å². The second-order valence-electron chi connectivity index (χ2n) is 7.37. The standard InChI is InChI=1S/C23H30N6S/c1-2-24-23(29-16-14-28(15-17-29)22-9-6-18-30-22)26-19-21-25-11-13-27(21)12-10-20-7-4-3-5-8-20/h3-9,11,13,18H,2,10,12,14-17,19H2,1H3,(H,24,26). The van der Waals surface area contributed by atoms with Gasteiger partial charge >= 0.3 is 0 Å². The Hall–Kier alpha value is -2.80. The Morgan fingerprint density at radius 3 is 2.67 bits per heavy atom. The zero-order valence-corrected chi connectivity index (χ0v) is 18.4. The molecule has 1 aliphatic rings. The fraction of sp³-hybridized carbons (Fsp3) is 0.391. The lowest BCUT2D eigenvalue weighted by Gasteiger charge is -2.37. The first-order valence-electron chi connectivity index (χ1n) is 10.7. The van der Waals surface area contributed by atoms with Crippen LogP contribution in [0.1, 0.15) is 18.3 Å². The minimum atomic E-state index is 0.593. The lowest BCUT2D eigenvalue weighted by Crippen LogP contribution is -2.52. The lowest BCUT2D eigenvalue weighted by molar-refractivity contribution is 0.373. The van der Waals surface area contributed by atoms with Crippen LogP contribution >= 0.6 is 11.3 Å². The summed E-state index contributed by atoms with van der Waals surface area (Å²) in [7, 11) is 0. The molecular weight excluding hydrogens is 392 g/mol. The first-order chi connectivity index (χ1) is 14.8. The van der Waals surface area contributed by atoms with Crippen molar-refractivity contribution in [3.63, 3.8) is 0 Å². The zero-order valence-electron chi connectivity index (χ0n) is 17.6. The van der Waals surface area contributed by atoms with E-state index in [4.69, 9.17) is 4.99 Å². The van der Waals surface area contributed by atoms with Crippen molar-refractivity contribution in [3.8, 4) is 0 Å². The van der Waals surface area contributed by atoms with E-state index in [1.54, 1.807) is 0 Å². The number of thiophene rings is 1. The summed E-state index contributed by atoms with van der Waals surface area (Å²) in [5, 5.41) is 6.97. The molecule has 1 fully saturated rings. The van der Waals surface area contributed by atoms with Crippen LogP contribution in [-0.2, 0) is 19.5 Å². The molecule has 4 rings (SSSR count). The lowest BCUT2D eigenvalue weighted by atomic mass is 10.1. The average Bonchev–Trinajstić information content (AvgIpc) is 3.48. The minimum absolute atomic E-state index is 0.593. The van der Waals surface area contributed by atoms with Crippen molar-refractivity contribution in [3.05, 3.63) is 71.6 Å². The van der Waals surface area contributed by atoms with Gasteiger partial charge < -0.3 is 19.7 Å². The molecule has 0 unspecified atom stereocenters. The van der Waals surface area contributed by atoms with Crippen LogP contribution in [0, 0.1) is 0 Å². The van der Waals surface area contributed by atoms with E-state index in [1.807, 2.05) is 17.5 Å². The summed E-state index contributed by atoms with van der Waals surface area (Å²) in [6.07, 6.45) is 4.93. The molecule has 0 radical (unpaired) electrons. The molecule has 30 heavy (non-hydrogen) atoms. The third kappa shape index (κ3) is 5.21. The van der Waals surface area contributed by atoms with Gasteiger partial charge in [-0.25, -0.2) is 9.98 Å². The minimum Gasteiger partial charge on any atom is -0.360 e. The highest BCUT2D eigenvalue weighted by Gasteiger charge is 2.20. The fourth-order valence-electron chi connectivity index (χ4n) is 3.75. The average molecular weight is 423 g/mol. The molecule has 0 amide bonds. The van der Waals surface area contributed by atoms with E-state index in [-0.39, 0.29) is 0 Å². The number of nitrogens with one attached hydrogen (secondary N) is 1. The SMILES string of the molecule is CCNC(=NCc1nccn1CCc1ccccc1)N1CCN(c2cccs2)CC1. The molecule has 7 heteroatoms. The molecule has 0 spiro atoms. The van der Waals surface area contributed by atoms with Gasteiger partial charge in [0, 0.05) is 51.7 Å².